The Morgan fingerprint density at radius 1 is 1.30 bits per heavy atom. The van der Waals surface area contributed by atoms with E-state index in [1.54, 1.807) is 24.3 Å². The maximum Gasteiger partial charge on any atom is 0.243 e. The van der Waals surface area contributed by atoms with Crippen molar-refractivity contribution in [1.29, 1.82) is 0 Å². The number of rotatable bonds is 6. The Bertz CT molecular complexity index is 637. The SMILES string of the molecule is CCNc1ccc(S(=O)(=O)N(C)Cc2ncn[nH]2)cc1. The number of sulfonamides is 1. The fraction of sp³-hybridized carbons (Fsp3) is 0.333. The van der Waals surface area contributed by atoms with E-state index in [9.17, 15) is 8.42 Å². The first kappa shape index (κ1) is 14.5. The van der Waals surface area contributed by atoms with Gasteiger partial charge in [-0.3, -0.25) is 5.10 Å². The van der Waals surface area contributed by atoms with Crippen LogP contribution in [0.4, 0.5) is 5.69 Å². The molecular formula is C12H17N5O2S. The Kier molecular flexibility index (Phi) is 4.35. The monoisotopic (exact) mass is 295 g/mol. The Morgan fingerprint density at radius 2 is 2.00 bits per heavy atom. The zero-order chi connectivity index (χ0) is 14.6. The molecule has 0 aliphatic rings. The van der Waals surface area contributed by atoms with Crippen molar-refractivity contribution >= 4 is 15.7 Å². The first-order chi connectivity index (χ1) is 9.54. The highest BCUT2D eigenvalue weighted by molar-refractivity contribution is 7.89. The third-order valence-corrected chi connectivity index (χ3v) is 4.60. The summed E-state index contributed by atoms with van der Waals surface area (Å²) in [5.74, 6) is 0.500. The molecule has 0 atom stereocenters. The van der Waals surface area contributed by atoms with Gasteiger partial charge in [0, 0.05) is 19.3 Å². The van der Waals surface area contributed by atoms with Crippen molar-refractivity contribution in [3.63, 3.8) is 0 Å². The molecule has 0 fully saturated rings. The number of benzene rings is 1. The predicted molar refractivity (Wildman–Crippen MR) is 75.6 cm³/mol. The van der Waals surface area contributed by atoms with Crippen molar-refractivity contribution < 1.29 is 8.42 Å². The highest BCUT2D eigenvalue weighted by Gasteiger charge is 2.21. The summed E-state index contributed by atoms with van der Waals surface area (Å²) in [5, 5.41) is 9.46. The third kappa shape index (κ3) is 3.14. The maximum atomic E-state index is 12.4. The van der Waals surface area contributed by atoms with Crippen molar-refractivity contribution in [2.75, 3.05) is 18.9 Å². The van der Waals surface area contributed by atoms with E-state index in [0.29, 0.717) is 5.82 Å². The molecular weight excluding hydrogens is 278 g/mol. The van der Waals surface area contributed by atoms with Crippen LogP contribution >= 0.6 is 0 Å². The first-order valence-electron chi connectivity index (χ1n) is 6.18. The molecule has 0 aliphatic heterocycles. The van der Waals surface area contributed by atoms with Gasteiger partial charge in [0.25, 0.3) is 0 Å². The summed E-state index contributed by atoms with van der Waals surface area (Å²) in [6.07, 6.45) is 1.35. The van der Waals surface area contributed by atoms with E-state index in [4.69, 9.17) is 0 Å². The smallest absolute Gasteiger partial charge is 0.243 e. The fourth-order valence-electron chi connectivity index (χ4n) is 1.73. The average Bonchev–Trinajstić information content (AvgIpc) is 2.92. The molecule has 0 bridgehead atoms. The number of hydrogen-bond donors (Lipinski definition) is 2. The molecule has 0 radical (unpaired) electrons. The topological polar surface area (TPSA) is 91.0 Å². The summed E-state index contributed by atoms with van der Waals surface area (Å²) in [6.45, 7) is 2.92. The normalized spacial score (nSPS) is 11.8. The minimum Gasteiger partial charge on any atom is -0.385 e. The van der Waals surface area contributed by atoms with Gasteiger partial charge in [-0.1, -0.05) is 0 Å². The number of aromatic amines is 1. The second kappa shape index (κ2) is 6.02. The second-order valence-electron chi connectivity index (χ2n) is 4.25. The maximum absolute atomic E-state index is 12.4. The van der Waals surface area contributed by atoms with Crippen LogP contribution in [0.1, 0.15) is 12.7 Å². The standard InChI is InChI=1S/C12H17N5O2S/c1-3-13-10-4-6-11(7-5-10)20(18,19)17(2)8-12-14-9-15-16-12/h4-7,9,13H,3,8H2,1-2H3,(H,14,15,16). The summed E-state index contributed by atoms with van der Waals surface area (Å²) in [5.41, 5.74) is 0.893. The molecule has 0 spiro atoms. The highest BCUT2D eigenvalue weighted by Crippen LogP contribution is 2.18. The number of hydrogen-bond acceptors (Lipinski definition) is 5. The summed E-state index contributed by atoms with van der Waals surface area (Å²) in [6, 6.07) is 6.67. The lowest BCUT2D eigenvalue weighted by Gasteiger charge is -2.16. The predicted octanol–water partition coefficient (Wildman–Crippen LogP) is 1.06. The molecule has 2 N–H and O–H groups in total. The van der Waals surface area contributed by atoms with Crippen molar-refractivity contribution in [2.24, 2.45) is 0 Å². The van der Waals surface area contributed by atoms with Crippen LogP contribution in [0.5, 0.6) is 0 Å². The molecule has 7 nitrogen and oxygen atoms in total. The molecule has 20 heavy (non-hydrogen) atoms. The Morgan fingerprint density at radius 3 is 2.55 bits per heavy atom. The minimum absolute atomic E-state index is 0.150. The van der Waals surface area contributed by atoms with Crippen LogP contribution in [-0.2, 0) is 16.6 Å². The third-order valence-electron chi connectivity index (χ3n) is 2.78. The molecule has 1 aromatic heterocycles. The van der Waals surface area contributed by atoms with E-state index in [1.165, 1.54) is 17.7 Å². The number of nitrogens with one attached hydrogen (secondary N) is 2. The van der Waals surface area contributed by atoms with Gasteiger partial charge < -0.3 is 5.32 Å². The van der Waals surface area contributed by atoms with Crippen molar-refractivity contribution in [2.45, 2.75) is 18.4 Å². The van der Waals surface area contributed by atoms with Gasteiger partial charge in [0.1, 0.15) is 12.2 Å². The summed E-state index contributed by atoms with van der Waals surface area (Å²) < 4.78 is 26.0. The van der Waals surface area contributed by atoms with E-state index >= 15 is 0 Å². The molecule has 2 rings (SSSR count). The molecule has 2 aromatic rings. The lowest BCUT2D eigenvalue weighted by atomic mass is 10.3. The van der Waals surface area contributed by atoms with Gasteiger partial charge in [0.2, 0.25) is 10.0 Å². The first-order valence-corrected chi connectivity index (χ1v) is 7.62. The summed E-state index contributed by atoms with van der Waals surface area (Å²) >= 11 is 0. The molecule has 8 heteroatoms. The Labute approximate surface area is 118 Å². The van der Waals surface area contributed by atoms with Gasteiger partial charge in [-0.2, -0.15) is 9.40 Å². The van der Waals surface area contributed by atoms with Gasteiger partial charge in [0.05, 0.1) is 11.4 Å². The second-order valence-corrected chi connectivity index (χ2v) is 6.29. The average molecular weight is 295 g/mol. The minimum atomic E-state index is -3.53. The van der Waals surface area contributed by atoms with Gasteiger partial charge in [-0.15, -0.1) is 0 Å². The highest BCUT2D eigenvalue weighted by atomic mass is 32.2. The summed E-state index contributed by atoms with van der Waals surface area (Å²) in [7, 11) is -2.02. The number of H-pyrrole nitrogens is 1. The number of anilines is 1. The summed E-state index contributed by atoms with van der Waals surface area (Å²) in [4.78, 5) is 4.17. The van der Waals surface area contributed by atoms with E-state index in [2.05, 4.69) is 20.5 Å². The number of aromatic nitrogens is 3. The van der Waals surface area contributed by atoms with E-state index in [-0.39, 0.29) is 11.4 Å². The van der Waals surface area contributed by atoms with Crippen molar-refractivity contribution in [1.82, 2.24) is 19.5 Å². The lowest BCUT2D eigenvalue weighted by molar-refractivity contribution is 0.457. The molecule has 0 unspecified atom stereocenters. The van der Waals surface area contributed by atoms with Crippen LogP contribution < -0.4 is 5.32 Å². The largest absolute Gasteiger partial charge is 0.385 e. The van der Waals surface area contributed by atoms with Gasteiger partial charge in [-0.25, -0.2) is 13.4 Å². The molecule has 0 aliphatic carbocycles. The molecule has 0 amide bonds. The van der Waals surface area contributed by atoms with Gasteiger partial charge >= 0.3 is 0 Å². The van der Waals surface area contributed by atoms with Crippen molar-refractivity contribution in [3.8, 4) is 0 Å². The lowest BCUT2D eigenvalue weighted by Crippen LogP contribution is -2.27. The van der Waals surface area contributed by atoms with Crippen LogP contribution in [-0.4, -0.2) is 41.5 Å². The van der Waals surface area contributed by atoms with Crippen LogP contribution in [0, 0.1) is 0 Å². The van der Waals surface area contributed by atoms with Gasteiger partial charge in [-0.05, 0) is 31.2 Å². The fourth-order valence-corrected chi connectivity index (χ4v) is 2.86. The van der Waals surface area contributed by atoms with Crippen LogP contribution in [0.2, 0.25) is 0 Å². The molecule has 0 saturated heterocycles. The quantitative estimate of drug-likeness (QED) is 0.831. The van der Waals surface area contributed by atoms with Crippen LogP contribution in [0.15, 0.2) is 35.5 Å². The van der Waals surface area contributed by atoms with E-state index in [1.807, 2.05) is 6.92 Å². The van der Waals surface area contributed by atoms with E-state index in [0.717, 1.165) is 12.2 Å². The van der Waals surface area contributed by atoms with Crippen LogP contribution in [0.25, 0.3) is 0 Å². The van der Waals surface area contributed by atoms with Crippen molar-refractivity contribution in [3.05, 3.63) is 36.4 Å². The zero-order valence-corrected chi connectivity index (χ0v) is 12.2. The Balaban J connectivity index is 2.16. The number of nitrogens with zero attached hydrogens (tertiary/aromatic N) is 3. The molecule has 0 saturated carbocycles. The van der Waals surface area contributed by atoms with Crippen LogP contribution in [0.3, 0.4) is 0 Å². The van der Waals surface area contributed by atoms with E-state index < -0.39 is 10.0 Å². The zero-order valence-electron chi connectivity index (χ0n) is 11.4. The molecule has 1 aromatic carbocycles. The molecule has 1 heterocycles. The van der Waals surface area contributed by atoms with Gasteiger partial charge in [0.15, 0.2) is 0 Å². The molecule has 108 valence electrons. The Hall–Kier alpha value is -1.93.